The van der Waals surface area contributed by atoms with Crippen LogP contribution >= 0.6 is 0 Å². The highest BCUT2D eigenvalue weighted by molar-refractivity contribution is 6.07. The zero-order valence-electron chi connectivity index (χ0n) is 16.2. The highest BCUT2D eigenvalue weighted by atomic mass is 16.6. The molecule has 0 saturated heterocycles. The summed E-state index contributed by atoms with van der Waals surface area (Å²) in [5, 5.41) is 23.3. The van der Waals surface area contributed by atoms with Crippen LogP contribution in [0.2, 0.25) is 0 Å². The second-order valence-corrected chi connectivity index (χ2v) is 6.42. The molecule has 0 spiro atoms. The molecule has 1 aliphatic heterocycles. The molecule has 154 valence electrons. The number of para-hydroxylation sites is 1. The highest BCUT2D eigenvalue weighted by Gasteiger charge is 2.41. The number of amides is 2. The standard InChI is InChI=1S/C20H19N5O5/c1-12-16(19(26)30-2)17(13-8-10-15(11-9-13)25(28)29)18(21)24(12)23-20(27)22-14-6-4-3-5-7-14/h3-11,17,21H,1-2H3,(H2,22,23,27). The third-order valence-electron chi connectivity index (χ3n) is 4.62. The number of non-ortho nitro benzene ring substituents is 1. The van der Waals surface area contributed by atoms with Gasteiger partial charge in [0.2, 0.25) is 0 Å². The SMILES string of the molecule is COC(=O)C1=C(C)N(NC(=O)Nc2ccccc2)C(=N)C1c1ccc([N+](=O)[O-])cc1. The molecule has 3 N–H and O–H groups in total. The minimum absolute atomic E-state index is 0.0926. The van der Waals surface area contributed by atoms with E-state index >= 15 is 0 Å². The van der Waals surface area contributed by atoms with Crippen LogP contribution in [0.3, 0.4) is 0 Å². The van der Waals surface area contributed by atoms with E-state index in [1.165, 1.54) is 36.4 Å². The molecule has 0 fully saturated rings. The van der Waals surface area contributed by atoms with E-state index in [1.54, 1.807) is 31.2 Å². The number of nitrogens with one attached hydrogen (secondary N) is 3. The number of amidine groups is 1. The molecule has 1 atom stereocenters. The lowest BCUT2D eigenvalue weighted by Gasteiger charge is -2.22. The molecule has 1 unspecified atom stereocenters. The second kappa shape index (κ2) is 8.43. The summed E-state index contributed by atoms with van der Waals surface area (Å²) < 4.78 is 4.86. The lowest BCUT2D eigenvalue weighted by atomic mass is 9.91. The Balaban J connectivity index is 1.89. The van der Waals surface area contributed by atoms with Gasteiger partial charge in [-0.05, 0) is 24.6 Å². The number of benzene rings is 2. The number of methoxy groups -OCH3 is 1. The predicted octanol–water partition coefficient (Wildman–Crippen LogP) is 3.15. The number of ether oxygens (including phenoxy) is 1. The van der Waals surface area contributed by atoms with Crippen LogP contribution in [0.25, 0.3) is 0 Å². The van der Waals surface area contributed by atoms with Crippen molar-refractivity contribution in [2.24, 2.45) is 0 Å². The summed E-state index contributed by atoms with van der Waals surface area (Å²) in [6.45, 7) is 1.58. The first-order valence-electron chi connectivity index (χ1n) is 8.88. The van der Waals surface area contributed by atoms with Gasteiger partial charge in [0.15, 0.2) is 0 Å². The van der Waals surface area contributed by atoms with Crippen molar-refractivity contribution < 1.29 is 19.2 Å². The van der Waals surface area contributed by atoms with E-state index in [0.29, 0.717) is 16.9 Å². The minimum Gasteiger partial charge on any atom is -0.466 e. The number of carbonyl (C=O) groups excluding carboxylic acids is 2. The molecule has 2 amide bonds. The van der Waals surface area contributed by atoms with Gasteiger partial charge in [0.1, 0.15) is 5.84 Å². The van der Waals surface area contributed by atoms with Crippen LogP contribution in [0.15, 0.2) is 65.9 Å². The van der Waals surface area contributed by atoms with Crippen molar-refractivity contribution in [3.8, 4) is 0 Å². The number of urea groups is 1. The molecule has 1 aliphatic rings. The molecule has 2 aromatic carbocycles. The maximum atomic E-state index is 12.4. The Bertz CT molecular complexity index is 1030. The second-order valence-electron chi connectivity index (χ2n) is 6.42. The number of hydrogen-bond acceptors (Lipinski definition) is 6. The predicted molar refractivity (Wildman–Crippen MR) is 109 cm³/mol. The van der Waals surface area contributed by atoms with Crippen LogP contribution < -0.4 is 10.7 Å². The lowest BCUT2D eigenvalue weighted by Crippen LogP contribution is -2.45. The number of hydrazine groups is 1. The number of esters is 1. The van der Waals surface area contributed by atoms with Crippen LogP contribution in [0.4, 0.5) is 16.2 Å². The number of allylic oxidation sites excluding steroid dienone is 1. The Hall–Kier alpha value is -4.21. The summed E-state index contributed by atoms with van der Waals surface area (Å²) in [7, 11) is 1.22. The Morgan fingerprint density at radius 3 is 2.33 bits per heavy atom. The van der Waals surface area contributed by atoms with E-state index < -0.39 is 22.8 Å². The van der Waals surface area contributed by atoms with E-state index in [-0.39, 0.29) is 17.1 Å². The fraction of sp³-hybridized carbons (Fsp3) is 0.150. The van der Waals surface area contributed by atoms with Crippen LogP contribution in [-0.4, -0.2) is 34.9 Å². The number of hydrogen-bond donors (Lipinski definition) is 3. The molecule has 3 rings (SSSR count). The lowest BCUT2D eigenvalue weighted by molar-refractivity contribution is -0.384. The first-order chi connectivity index (χ1) is 14.3. The first-order valence-corrected chi connectivity index (χ1v) is 8.88. The molecule has 0 aromatic heterocycles. The van der Waals surface area contributed by atoms with Gasteiger partial charge in [-0.2, -0.15) is 0 Å². The van der Waals surface area contributed by atoms with Gasteiger partial charge in [-0.15, -0.1) is 0 Å². The van der Waals surface area contributed by atoms with Crippen molar-refractivity contribution in [3.63, 3.8) is 0 Å². The van der Waals surface area contributed by atoms with Gasteiger partial charge < -0.3 is 10.1 Å². The summed E-state index contributed by atoms with van der Waals surface area (Å²) in [4.78, 5) is 35.2. The highest BCUT2D eigenvalue weighted by Crippen LogP contribution is 2.37. The number of nitro benzene ring substituents is 1. The molecule has 2 aromatic rings. The average molecular weight is 409 g/mol. The van der Waals surface area contributed by atoms with Gasteiger partial charge in [-0.25, -0.2) is 20.0 Å². The molecular formula is C20H19N5O5. The molecular weight excluding hydrogens is 390 g/mol. The Morgan fingerprint density at radius 2 is 1.77 bits per heavy atom. The van der Waals surface area contributed by atoms with Crippen LogP contribution in [0.5, 0.6) is 0 Å². The van der Waals surface area contributed by atoms with E-state index in [2.05, 4.69) is 10.7 Å². The molecule has 30 heavy (non-hydrogen) atoms. The number of nitro groups is 1. The molecule has 0 saturated carbocycles. The van der Waals surface area contributed by atoms with Gasteiger partial charge in [0, 0.05) is 17.8 Å². The van der Waals surface area contributed by atoms with Gasteiger partial charge in [0.05, 0.1) is 29.2 Å². The molecule has 10 nitrogen and oxygen atoms in total. The van der Waals surface area contributed by atoms with Crippen molar-refractivity contribution in [2.45, 2.75) is 12.8 Å². The van der Waals surface area contributed by atoms with Crippen LogP contribution in [-0.2, 0) is 9.53 Å². The number of rotatable bonds is 5. The van der Waals surface area contributed by atoms with Crippen LogP contribution in [0, 0.1) is 15.5 Å². The molecule has 0 radical (unpaired) electrons. The average Bonchev–Trinajstić information content (AvgIpc) is 2.98. The molecule has 0 aliphatic carbocycles. The Kier molecular flexibility index (Phi) is 5.77. The quantitative estimate of drug-likeness (QED) is 0.394. The van der Waals surface area contributed by atoms with Crippen molar-refractivity contribution >= 4 is 29.2 Å². The van der Waals surface area contributed by atoms with E-state index in [1.807, 2.05) is 6.07 Å². The minimum atomic E-state index is -0.852. The van der Waals surface area contributed by atoms with E-state index in [4.69, 9.17) is 10.1 Å². The summed E-state index contributed by atoms with van der Waals surface area (Å²) in [6, 6.07) is 13.7. The third kappa shape index (κ3) is 3.97. The molecule has 1 heterocycles. The van der Waals surface area contributed by atoms with Gasteiger partial charge in [0.25, 0.3) is 5.69 Å². The van der Waals surface area contributed by atoms with E-state index in [0.717, 1.165) is 0 Å². The Morgan fingerprint density at radius 1 is 1.13 bits per heavy atom. The molecule has 0 bridgehead atoms. The number of nitrogens with zero attached hydrogens (tertiary/aromatic N) is 2. The fourth-order valence-electron chi connectivity index (χ4n) is 3.19. The first kappa shape index (κ1) is 20.5. The zero-order valence-corrected chi connectivity index (χ0v) is 16.2. The summed E-state index contributed by atoms with van der Waals surface area (Å²) in [6.07, 6.45) is 0. The topological polar surface area (TPSA) is 138 Å². The monoisotopic (exact) mass is 409 g/mol. The molecule has 10 heteroatoms. The van der Waals surface area contributed by atoms with Crippen LogP contribution in [0.1, 0.15) is 18.4 Å². The Labute approximate surface area is 171 Å². The zero-order chi connectivity index (χ0) is 21.8. The van der Waals surface area contributed by atoms with Gasteiger partial charge in [-0.1, -0.05) is 30.3 Å². The largest absolute Gasteiger partial charge is 0.466 e. The summed E-state index contributed by atoms with van der Waals surface area (Å²) in [5.41, 5.74) is 3.96. The number of carbonyl (C=O) groups is 2. The van der Waals surface area contributed by atoms with Gasteiger partial charge >= 0.3 is 12.0 Å². The van der Waals surface area contributed by atoms with Crippen molar-refractivity contribution in [2.75, 3.05) is 12.4 Å². The summed E-state index contributed by atoms with van der Waals surface area (Å²) >= 11 is 0. The smallest absolute Gasteiger partial charge is 0.338 e. The fourth-order valence-corrected chi connectivity index (χ4v) is 3.19. The van der Waals surface area contributed by atoms with Crippen molar-refractivity contribution in [1.29, 1.82) is 5.41 Å². The maximum absolute atomic E-state index is 12.4. The number of anilines is 1. The van der Waals surface area contributed by atoms with Crippen molar-refractivity contribution in [1.82, 2.24) is 10.4 Å². The van der Waals surface area contributed by atoms with Crippen molar-refractivity contribution in [3.05, 3.63) is 81.5 Å². The van der Waals surface area contributed by atoms with E-state index in [9.17, 15) is 19.7 Å². The summed E-state index contributed by atoms with van der Waals surface area (Å²) in [5.74, 6) is -1.60. The van der Waals surface area contributed by atoms with Gasteiger partial charge in [-0.3, -0.25) is 15.5 Å². The normalized spacial score (nSPS) is 15.7. The third-order valence-corrected chi connectivity index (χ3v) is 4.62. The maximum Gasteiger partial charge on any atom is 0.338 e.